The molecule has 0 aliphatic carbocycles. The first-order valence-corrected chi connectivity index (χ1v) is 12.0. The molecule has 0 saturated carbocycles. The van der Waals surface area contributed by atoms with E-state index in [0.717, 1.165) is 0 Å². The Morgan fingerprint density at radius 3 is 2.34 bits per heavy atom. The summed E-state index contributed by atoms with van der Waals surface area (Å²) in [6, 6.07) is 13.0. The summed E-state index contributed by atoms with van der Waals surface area (Å²) in [5, 5.41) is 6.14. The highest BCUT2D eigenvalue weighted by Crippen LogP contribution is 2.36. The van der Waals surface area contributed by atoms with E-state index >= 15 is 0 Å². The molecule has 7 nitrogen and oxygen atoms in total. The van der Waals surface area contributed by atoms with Crippen molar-refractivity contribution in [1.29, 1.82) is 0 Å². The molecular formula is C21H21F3N5O2P. The van der Waals surface area contributed by atoms with Crippen molar-refractivity contribution in [2.24, 2.45) is 5.73 Å². The number of benzene rings is 2. The van der Waals surface area contributed by atoms with Crippen molar-refractivity contribution >= 4 is 35.8 Å². The molecule has 3 rings (SSSR count). The molecule has 1 aromatic heterocycles. The number of amides is 1. The summed E-state index contributed by atoms with van der Waals surface area (Å²) in [6.07, 6.45) is -4.01. The molecular weight excluding hydrogens is 442 g/mol. The number of nitrogens with zero attached hydrogens (tertiary/aromatic N) is 2. The van der Waals surface area contributed by atoms with E-state index in [-0.39, 0.29) is 18.1 Å². The molecule has 0 atom stereocenters. The van der Waals surface area contributed by atoms with Gasteiger partial charge >= 0.3 is 6.18 Å². The van der Waals surface area contributed by atoms with E-state index in [0.29, 0.717) is 22.8 Å². The van der Waals surface area contributed by atoms with Crippen molar-refractivity contribution in [2.75, 3.05) is 24.0 Å². The Kier molecular flexibility index (Phi) is 6.55. The zero-order valence-corrected chi connectivity index (χ0v) is 18.2. The topological polar surface area (TPSA) is 110 Å². The van der Waals surface area contributed by atoms with E-state index < -0.39 is 30.6 Å². The van der Waals surface area contributed by atoms with Crippen molar-refractivity contribution in [2.45, 2.75) is 12.7 Å². The van der Waals surface area contributed by atoms with Gasteiger partial charge in [0.15, 0.2) is 0 Å². The molecule has 32 heavy (non-hydrogen) atoms. The maximum Gasteiger partial charge on any atom is 0.421 e. The maximum absolute atomic E-state index is 13.5. The fraction of sp³-hybridized carbons (Fsp3) is 0.190. The van der Waals surface area contributed by atoms with Gasteiger partial charge in [-0.2, -0.15) is 18.2 Å². The Morgan fingerprint density at radius 1 is 1.09 bits per heavy atom. The number of primary amides is 1. The Balaban J connectivity index is 1.87. The van der Waals surface area contributed by atoms with Crippen molar-refractivity contribution in [3.05, 3.63) is 71.4 Å². The fourth-order valence-corrected chi connectivity index (χ4v) is 3.78. The number of carbonyl (C=O) groups is 1. The molecule has 0 saturated heterocycles. The third-order valence-corrected chi connectivity index (χ3v) is 6.11. The largest absolute Gasteiger partial charge is 0.421 e. The molecule has 0 aliphatic rings. The minimum absolute atomic E-state index is 0.0624. The lowest BCUT2D eigenvalue weighted by atomic mass is 10.1. The summed E-state index contributed by atoms with van der Waals surface area (Å²) in [7, 11) is -2.43. The fourth-order valence-electron chi connectivity index (χ4n) is 2.91. The Hall–Kier alpha value is -3.39. The quantitative estimate of drug-likeness (QED) is 0.453. The van der Waals surface area contributed by atoms with E-state index in [9.17, 15) is 22.5 Å². The summed E-state index contributed by atoms with van der Waals surface area (Å²) < 4.78 is 52.5. The number of nitrogens with two attached hydrogens (primary N) is 1. The van der Waals surface area contributed by atoms with Crippen LogP contribution in [0.4, 0.5) is 30.6 Å². The summed E-state index contributed by atoms with van der Waals surface area (Å²) in [4.78, 5) is 19.3. The lowest BCUT2D eigenvalue weighted by molar-refractivity contribution is -0.137. The maximum atomic E-state index is 13.5. The second-order valence-electron chi connectivity index (χ2n) is 7.35. The van der Waals surface area contributed by atoms with Crippen LogP contribution >= 0.6 is 7.14 Å². The van der Waals surface area contributed by atoms with Gasteiger partial charge in [-0.1, -0.05) is 18.2 Å². The summed E-state index contributed by atoms with van der Waals surface area (Å²) >= 11 is 0. The number of hydrogen-bond acceptors (Lipinski definition) is 6. The summed E-state index contributed by atoms with van der Waals surface area (Å²) in [5.74, 6) is -1.19. The summed E-state index contributed by atoms with van der Waals surface area (Å²) in [5.41, 5.74) is 5.43. The first-order chi connectivity index (χ1) is 14.9. The number of nitrogens with one attached hydrogen (secondary N) is 2. The van der Waals surface area contributed by atoms with Crippen LogP contribution in [0, 0.1) is 0 Å². The van der Waals surface area contributed by atoms with Crippen molar-refractivity contribution in [3.63, 3.8) is 0 Å². The van der Waals surface area contributed by atoms with Crippen LogP contribution in [0.15, 0.2) is 54.7 Å². The molecule has 0 spiro atoms. The molecule has 168 valence electrons. The molecule has 3 aromatic rings. The number of aromatic nitrogens is 2. The highest BCUT2D eigenvalue weighted by molar-refractivity contribution is 7.70. The molecule has 1 amide bonds. The van der Waals surface area contributed by atoms with Crippen LogP contribution < -0.4 is 21.7 Å². The Labute approximate surface area is 182 Å². The molecule has 1 heterocycles. The third kappa shape index (κ3) is 5.64. The highest BCUT2D eigenvalue weighted by atomic mass is 31.2. The second-order valence-corrected chi connectivity index (χ2v) is 10.6. The average Bonchev–Trinajstić information content (AvgIpc) is 2.71. The van der Waals surface area contributed by atoms with Crippen LogP contribution in [0.5, 0.6) is 0 Å². The van der Waals surface area contributed by atoms with Crippen molar-refractivity contribution in [3.8, 4) is 0 Å². The van der Waals surface area contributed by atoms with Crippen molar-refractivity contribution < 1.29 is 22.5 Å². The molecule has 0 aliphatic heterocycles. The number of rotatable bonds is 7. The van der Waals surface area contributed by atoms with Gasteiger partial charge in [-0.05, 0) is 49.2 Å². The van der Waals surface area contributed by atoms with Crippen LogP contribution in [-0.2, 0) is 17.3 Å². The number of hydrogen-bond donors (Lipinski definition) is 3. The van der Waals surface area contributed by atoms with Gasteiger partial charge in [0.25, 0.3) is 0 Å². The van der Waals surface area contributed by atoms with E-state index in [1.807, 2.05) is 0 Å². The van der Waals surface area contributed by atoms with Gasteiger partial charge < -0.3 is 20.9 Å². The SMILES string of the molecule is CP(C)(=O)c1ccc(Nc2ncc(C(F)(F)F)c(NCc3ccccc3C(N)=O)n2)cc1. The molecule has 0 bridgehead atoms. The monoisotopic (exact) mass is 463 g/mol. The second kappa shape index (κ2) is 9.00. The van der Waals surface area contributed by atoms with E-state index in [2.05, 4.69) is 20.6 Å². The molecule has 0 radical (unpaired) electrons. The van der Waals surface area contributed by atoms with Gasteiger partial charge in [-0.25, -0.2) is 4.98 Å². The lowest BCUT2D eigenvalue weighted by Crippen LogP contribution is -2.17. The standard InChI is InChI=1S/C21H21F3N5O2P/c1-32(2,31)15-9-7-14(8-10-15)28-20-27-12-17(21(22,23)24)19(29-20)26-11-13-5-3-4-6-16(13)18(25)30/h3-10,12H,11H2,1-2H3,(H2,25,30)(H2,26,27,28,29). The molecule has 0 fully saturated rings. The van der Waals surface area contributed by atoms with Crippen LogP contribution in [0.2, 0.25) is 0 Å². The average molecular weight is 463 g/mol. The van der Waals surface area contributed by atoms with Crippen molar-refractivity contribution in [1.82, 2.24) is 9.97 Å². The third-order valence-electron chi connectivity index (χ3n) is 4.57. The zero-order chi connectivity index (χ0) is 23.5. The first kappa shape index (κ1) is 23.3. The predicted molar refractivity (Wildman–Crippen MR) is 118 cm³/mol. The van der Waals surface area contributed by atoms with Crippen LogP contribution in [0.3, 0.4) is 0 Å². The lowest BCUT2D eigenvalue weighted by Gasteiger charge is -2.16. The van der Waals surface area contributed by atoms with Crippen LogP contribution in [0.25, 0.3) is 0 Å². The Morgan fingerprint density at radius 2 is 1.75 bits per heavy atom. The number of alkyl halides is 3. The van der Waals surface area contributed by atoms with Crippen LogP contribution in [0.1, 0.15) is 21.5 Å². The molecule has 4 N–H and O–H groups in total. The first-order valence-electron chi connectivity index (χ1n) is 9.43. The van der Waals surface area contributed by atoms with Gasteiger partial charge in [-0.3, -0.25) is 4.79 Å². The minimum Gasteiger partial charge on any atom is -0.366 e. The Bertz CT molecular complexity index is 1180. The zero-order valence-electron chi connectivity index (χ0n) is 17.3. The smallest absolute Gasteiger partial charge is 0.366 e. The predicted octanol–water partition coefficient (Wildman–Crippen LogP) is 4.20. The van der Waals surface area contributed by atoms with Gasteiger partial charge in [0.05, 0.1) is 0 Å². The highest BCUT2D eigenvalue weighted by Gasteiger charge is 2.35. The van der Waals surface area contributed by atoms with Gasteiger partial charge in [0, 0.05) is 29.3 Å². The molecule has 0 unspecified atom stereocenters. The van der Waals surface area contributed by atoms with Gasteiger partial charge in [0.2, 0.25) is 11.9 Å². The van der Waals surface area contributed by atoms with E-state index in [1.165, 1.54) is 6.07 Å². The summed E-state index contributed by atoms with van der Waals surface area (Å²) in [6.45, 7) is 3.18. The minimum atomic E-state index is -4.69. The van der Waals surface area contributed by atoms with Gasteiger partial charge in [-0.15, -0.1) is 0 Å². The van der Waals surface area contributed by atoms with E-state index in [4.69, 9.17) is 5.73 Å². The van der Waals surface area contributed by atoms with E-state index in [1.54, 1.807) is 55.8 Å². The number of anilines is 3. The molecule has 2 aromatic carbocycles. The number of halogens is 3. The number of carbonyl (C=O) groups excluding carboxylic acids is 1. The molecule has 11 heteroatoms. The van der Waals surface area contributed by atoms with Gasteiger partial charge in [0.1, 0.15) is 18.5 Å². The normalized spacial score (nSPS) is 11.8. The van der Waals surface area contributed by atoms with Crippen LogP contribution in [-0.4, -0.2) is 29.2 Å².